The van der Waals surface area contributed by atoms with Crippen molar-refractivity contribution < 1.29 is 0 Å². The molecule has 0 spiro atoms. The number of aliphatic imine (C=N–C) groups is 1. The fraction of sp³-hybridized carbons (Fsp3) is 0.227. The molecule has 0 amide bonds. The fourth-order valence-corrected chi connectivity index (χ4v) is 2.81. The number of hydrogen-bond donors (Lipinski definition) is 2. The van der Waals surface area contributed by atoms with Crippen LogP contribution in [0.3, 0.4) is 0 Å². The third-order valence-corrected chi connectivity index (χ3v) is 4.23. The maximum atomic E-state index is 9.00. The van der Waals surface area contributed by atoms with Crippen LogP contribution in [0.1, 0.15) is 23.6 Å². The van der Waals surface area contributed by atoms with Crippen molar-refractivity contribution in [2.45, 2.75) is 19.9 Å². The van der Waals surface area contributed by atoms with E-state index in [9.17, 15) is 0 Å². The molecule has 1 heterocycles. The van der Waals surface area contributed by atoms with E-state index in [0.29, 0.717) is 12.1 Å². The molecule has 3 aromatic rings. The first-order valence-corrected chi connectivity index (χ1v) is 9.38. The second-order valence-corrected chi connectivity index (χ2v) is 6.30. The van der Waals surface area contributed by atoms with Crippen molar-refractivity contribution in [1.29, 1.82) is 5.26 Å². The summed E-state index contributed by atoms with van der Waals surface area (Å²) in [5, 5.41) is 19.9. The fourth-order valence-electron chi connectivity index (χ4n) is 2.81. The Kier molecular flexibility index (Phi) is 6.80. The quantitative estimate of drug-likeness (QED) is 0.494. The molecule has 0 aliphatic carbocycles. The lowest BCUT2D eigenvalue weighted by molar-refractivity contribution is 0.799. The first kappa shape index (κ1) is 19.2. The largest absolute Gasteiger partial charge is 0.357 e. The van der Waals surface area contributed by atoms with Crippen molar-refractivity contribution in [3.8, 4) is 11.8 Å². The van der Waals surface area contributed by atoms with Crippen molar-refractivity contribution in [3.05, 3.63) is 83.7 Å². The van der Waals surface area contributed by atoms with E-state index in [1.807, 2.05) is 42.1 Å². The molecular formula is C22H24N6. The minimum atomic E-state index is 0.531. The highest BCUT2D eigenvalue weighted by Gasteiger charge is 2.01. The third kappa shape index (κ3) is 5.45. The minimum Gasteiger partial charge on any atom is -0.357 e. The third-order valence-electron chi connectivity index (χ3n) is 4.23. The van der Waals surface area contributed by atoms with Gasteiger partial charge in [-0.05, 0) is 54.8 Å². The monoisotopic (exact) mass is 372 g/mol. The van der Waals surface area contributed by atoms with Gasteiger partial charge in [-0.3, -0.25) is 0 Å². The summed E-state index contributed by atoms with van der Waals surface area (Å²) >= 11 is 0. The summed E-state index contributed by atoms with van der Waals surface area (Å²) in [6, 6.07) is 20.0. The molecule has 2 aromatic carbocycles. The van der Waals surface area contributed by atoms with Gasteiger partial charge in [0, 0.05) is 25.5 Å². The van der Waals surface area contributed by atoms with E-state index in [2.05, 4.69) is 51.1 Å². The Morgan fingerprint density at radius 2 is 1.96 bits per heavy atom. The van der Waals surface area contributed by atoms with Crippen LogP contribution in [0, 0.1) is 11.3 Å². The van der Waals surface area contributed by atoms with Crippen molar-refractivity contribution in [2.24, 2.45) is 4.99 Å². The molecule has 1 aromatic heterocycles. The zero-order chi connectivity index (χ0) is 19.6. The second kappa shape index (κ2) is 9.93. The van der Waals surface area contributed by atoms with Crippen LogP contribution in [0.4, 0.5) is 0 Å². The van der Waals surface area contributed by atoms with Gasteiger partial charge in [-0.25, -0.2) is 9.67 Å². The molecule has 142 valence electrons. The summed E-state index contributed by atoms with van der Waals surface area (Å²) in [4.78, 5) is 4.61. The summed E-state index contributed by atoms with van der Waals surface area (Å²) in [6.45, 7) is 4.15. The van der Waals surface area contributed by atoms with Crippen LogP contribution in [0.15, 0.2) is 72.0 Å². The summed E-state index contributed by atoms with van der Waals surface area (Å²) in [7, 11) is 0. The van der Waals surface area contributed by atoms with Crippen LogP contribution in [0.5, 0.6) is 0 Å². The van der Waals surface area contributed by atoms with Gasteiger partial charge in [0.05, 0.1) is 23.9 Å². The van der Waals surface area contributed by atoms with Crippen molar-refractivity contribution >= 4 is 5.96 Å². The van der Waals surface area contributed by atoms with E-state index in [0.717, 1.165) is 36.7 Å². The SMILES string of the molecule is CCNC(=NCc1cccc(C#N)c1)NCCc1ccc(-n2cccn2)cc1. The number of guanidine groups is 1. The van der Waals surface area contributed by atoms with Gasteiger partial charge in [-0.1, -0.05) is 24.3 Å². The number of hydrogen-bond acceptors (Lipinski definition) is 3. The molecule has 0 unspecified atom stereocenters. The number of aromatic nitrogens is 2. The van der Waals surface area contributed by atoms with E-state index >= 15 is 0 Å². The number of nitriles is 1. The Hall–Kier alpha value is -3.59. The highest BCUT2D eigenvalue weighted by Crippen LogP contribution is 2.09. The van der Waals surface area contributed by atoms with Gasteiger partial charge in [-0.2, -0.15) is 10.4 Å². The first-order valence-electron chi connectivity index (χ1n) is 9.38. The molecule has 0 bridgehead atoms. The zero-order valence-electron chi connectivity index (χ0n) is 16.0. The predicted octanol–water partition coefficient (Wildman–Crippen LogP) is 3.04. The Morgan fingerprint density at radius 1 is 1.11 bits per heavy atom. The maximum absolute atomic E-state index is 9.00. The van der Waals surface area contributed by atoms with Crippen molar-refractivity contribution in [2.75, 3.05) is 13.1 Å². The average molecular weight is 372 g/mol. The molecular weight excluding hydrogens is 348 g/mol. The van der Waals surface area contributed by atoms with Crippen molar-refractivity contribution in [3.63, 3.8) is 0 Å². The topological polar surface area (TPSA) is 78.0 Å². The summed E-state index contributed by atoms with van der Waals surface area (Å²) in [5.41, 5.74) is 3.98. The normalized spacial score (nSPS) is 11.1. The van der Waals surface area contributed by atoms with Crippen LogP contribution >= 0.6 is 0 Å². The average Bonchev–Trinajstić information content (AvgIpc) is 3.27. The van der Waals surface area contributed by atoms with Crippen LogP contribution in [-0.4, -0.2) is 28.8 Å². The highest BCUT2D eigenvalue weighted by molar-refractivity contribution is 5.79. The second-order valence-electron chi connectivity index (χ2n) is 6.30. The van der Waals surface area contributed by atoms with Gasteiger partial charge in [0.25, 0.3) is 0 Å². The molecule has 0 aliphatic heterocycles. The molecule has 0 radical (unpaired) electrons. The standard InChI is InChI=1S/C22H24N6/c1-2-24-22(26-17-20-6-3-5-19(15-20)16-23)25-13-11-18-7-9-21(10-8-18)28-14-4-12-27-28/h3-10,12,14-15H,2,11,13,17H2,1H3,(H2,24,25,26). The molecule has 0 aliphatic rings. The lowest BCUT2D eigenvalue weighted by atomic mass is 10.1. The Balaban J connectivity index is 1.53. The van der Waals surface area contributed by atoms with E-state index in [1.165, 1.54) is 5.56 Å². The highest BCUT2D eigenvalue weighted by atomic mass is 15.3. The van der Waals surface area contributed by atoms with Crippen molar-refractivity contribution in [1.82, 2.24) is 20.4 Å². The lowest BCUT2D eigenvalue weighted by Gasteiger charge is -2.11. The van der Waals surface area contributed by atoms with Gasteiger partial charge < -0.3 is 10.6 Å². The number of nitrogens with one attached hydrogen (secondary N) is 2. The van der Waals surface area contributed by atoms with E-state index < -0.39 is 0 Å². The molecule has 3 rings (SSSR count). The van der Waals surface area contributed by atoms with E-state index in [-0.39, 0.29) is 0 Å². The van der Waals surface area contributed by atoms with Gasteiger partial charge >= 0.3 is 0 Å². The number of nitrogens with zero attached hydrogens (tertiary/aromatic N) is 4. The van der Waals surface area contributed by atoms with Gasteiger partial charge in [0.1, 0.15) is 0 Å². The molecule has 28 heavy (non-hydrogen) atoms. The summed E-state index contributed by atoms with van der Waals surface area (Å²) in [6.07, 6.45) is 4.60. The minimum absolute atomic E-state index is 0.531. The number of rotatable bonds is 7. The summed E-state index contributed by atoms with van der Waals surface area (Å²) in [5.74, 6) is 0.776. The molecule has 0 saturated heterocycles. The first-order chi connectivity index (χ1) is 13.8. The molecule has 0 saturated carbocycles. The Labute approximate surface area is 165 Å². The lowest BCUT2D eigenvalue weighted by Crippen LogP contribution is -2.38. The van der Waals surface area contributed by atoms with Crippen LogP contribution in [0.2, 0.25) is 0 Å². The Morgan fingerprint density at radius 3 is 2.68 bits per heavy atom. The van der Waals surface area contributed by atoms with E-state index in [1.54, 1.807) is 12.3 Å². The number of benzene rings is 2. The van der Waals surface area contributed by atoms with Crippen LogP contribution in [0.25, 0.3) is 5.69 Å². The molecule has 6 heteroatoms. The van der Waals surface area contributed by atoms with E-state index in [4.69, 9.17) is 5.26 Å². The Bertz CT molecular complexity index is 936. The summed E-state index contributed by atoms with van der Waals surface area (Å²) < 4.78 is 1.85. The molecule has 2 N–H and O–H groups in total. The van der Waals surface area contributed by atoms with Gasteiger partial charge in [-0.15, -0.1) is 0 Å². The van der Waals surface area contributed by atoms with Crippen LogP contribution < -0.4 is 10.6 Å². The maximum Gasteiger partial charge on any atom is 0.191 e. The van der Waals surface area contributed by atoms with Gasteiger partial charge in [0.15, 0.2) is 5.96 Å². The zero-order valence-corrected chi connectivity index (χ0v) is 16.0. The molecule has 6 nitrogen and oxygen atoms in total. The smallest absolute Gasteiger partial charge is 0.191 e. The predicted molar refractivity (Wildman–Crippen MR) is 111 cm³/mol. The molecule has 0 fully saturated rings. The van der Waals surface area contributed by atoms with Gasteiger partial charge in [0.2, 0.25) is 0 Å². The van der Waals surface area contributed by atoms with Crippen LogP contribution in [-0.2, 0) is 13.0 Å². The molecule has 0 atom stereocenters.